The molecule has 0 aliphatic carbocycles. The Balaban J connectivity index is 2.05. The van der Waals surface area contributed by atoms with E-state index < -0.39 is 0 Å². The number of amides is 1. The standard InChI is InChI=1S/C14H19NO2/c1-3-15-9-8-12(10-14(15)16)11-4-6-13(17-2)7-5-11/h4-7,12H,3,8-10H2,1-2H3. The van der Waals surface area contributed by atoms with E-state index in [4.69, 9.17) is 4.74 Å². The Labute approximate surface area is 102 Å². The van der Waals surface area contributed by atoms with Crippen LogP contribution in [0.4, 0.5) is 0 Å². The minimum atomic E-state index is 0.277. The molecule has 0 aromatic heterocycles. The number of methoxy groups -OCH3 is 1. The molecule has 1 aromatic carbocycles. The Hall–Kier alpha value is -1.51. The number of carbonyl (C=O) groups excluding carboxylic acids is 1. The molecule has 1 saturated heterocycles. The number of hydrogen-bond acceptors (Lipinski definition) is 2. The molecule has 3 nitrogen and oxygen atoms in total. The Morgan fingerprint density at radius 1 is 1.35 bits per heavy atom. The fraction of sp³-hybridized carbons (Fsp3) is 0.500. The second-order valence-electron chi connectivity index (χ2n) is 4.44. The second-order valence-corrected chi connectivity index (χ2v) is 4.44. The zero-order valence-electron chi connectivity index (χ0n) is 10.5. The lowest BCUT2D eigenvalue weighted by Crippen LogP contribution is -2.37. The summed E-state index contributed by atoms with van der Waals surface area (Å²) in [6, 6.07) is 8.06. The van der Waals surface area contributed by atoms with Crippen molar-refractivity contribution in [3.05, 3.63) is 29.8 Å². The monoisotopic (exact) mass is 233 g/mol. The minimum Gasteiger partial charge on any atom is -0.497 e. The van der Waals surface area contributed by atoms with Crippen LogP contribution in [-0.4, -0.2) is 31.0 Å². The molecule has 1 atom stereocenters. The van der Waals surface area contributed by atoms with Gasteiger partial charge in [0, 0.05) is 19.5 Å². The van der Waals surface area contributed by atoms with Gasteiger partial charge < -0.3 is 9.64 Å². The lowest BCUT2D eigenvalue weighted by Gasteiger charge is -2.31. The number of rotatable bonds is 3. The summed E-state index contributed by atoms with van der Waals surface area (Å²) < 4.78 is 5.14. The van der Waals surface area contributed by atoms with E-state index in [0.717, 1.165) is 25.3 Å². The molecule has 92 valence electrons. The predicted octanol–water partition coefficient (Wildman–Crippen LogP) is 2.42. The number of hydrogen-bond donors (Lipinski definition) is 0. The number of likely N-dealkylation sites (tertiary alicyclic amines) is 1. The first-order chi connectivity index (χ1) is 8.24. The third-order valence-electron chi connectivity index (χ3n) is 3.49. The summed E-state index contributed by atoms with van der Waals surface area (Å²) in [5, 5.41) is 0. The van der Waals surface area contributed by atoms with Crippen molar-refractivity contribution in [1.29, 1.82) is 0 Å². The number of benzene rings is 1. The van der Waals surface area contributed by atoms with Gasteiger partial charge in [0.1, 0.15) is 5.75 Å². The maximum absolute atomic E-state index is 11.8. The molecule has 1 aliphatic heterocycles. The Morgan fingerprint density at radius 2 is 2.06 bits per heavy atom. The van der Waals surface area contributed by atoms with Crippen LogP contribution in [0.5, 0.6) is 5.75 Å². The topological polar surface area (TPSA) is 29.5 Å². The fourth-order valence-electron chi connectivity index (χ4n) is 2.37. The molecule has 0 spiro atoms. The number of nitrogens with zero attached hydrogens (tertiary/aromatic N) is 1. The van der Waals surface area contributed by atoms with Gasteiger partial charge in [-0.05, 0) is 37.0 Å². The van der Waals surface area contributed by atoms with Gasteiger partial charge in [-0.3, -0.25) is 4.79 Å². The maximum atomic E-state index is 11.8. The van der Waals surface area contributed by atoms with Crippen LogP contribution in [0.1, 0.15) is 31.2 Å². The highest BCUT2D eigenvalue weighted by Gasteiger charge is 2.25. The predicted molar refractivity (Wildman–Crippen MR) is 67.2 cm³/mol. The molecule has 17 heavy (non-hydrogen) atoms. The smallest absolute Gasteiger partial charge is 0.223 e. The molecule has 0 bridgehead atoms. The summed E-state index contributed by atoms with van der Waals surface area (Å²) in [5.74, 6) is 1.52. The Kier molecular flexibility index (Phi) is 3.67. The van der Waals surface area contributed by atoms with Crippen LogP contribution in [-0.2, 0) is 4.79 Å². The highest BCUT2D eigenvalue weighted by atomic mass is 16.5. The van der Waals surface area contributed by atoms with Gasteiger partial charge in [0.15, 0.2) is 0 Å². The van der Waals surface area contributed by atoms with Gasteiger partial charge in [-0.1, -0.05) is 12.1 Å². The summed E-state index contributed by atoms with van der Waals surface area (Å²) in [5.41, 5.74) is 1.25. The average molecular weight is 233 g/mol. The second kappa shape index (κ2) is 5.21. The molecule has 1 amide bonds. The molecule has 1 heterocycles. The molecule has 3 heteroatoms. The molecular formula is C14H19NO2. The van der Waals surface area contributed by atoms with E-state index in [-0.39, 0.29) is 5.91 Å². The molecule has 1 aromatic rings. The van der Waals surface area contributed by atoms with Crippen molar-refractivity contribution in [2.45, 2.75) is 25.7 Å². The third-order valence-corrected chi connectivity index (χ3v) is 3.49. The summed E-state index contributed by atoms with van der Waals surface area (Å²) >= 11 is 0. The number of ether oxygens (including phenoxy) is 1. The van der Waals surface area contributed by atoms with E-state index in [1.165, 1.54) is 5.56 Å². The van der Waals surface area contributed by atoms with Crippen LogP contribution in [0, 0.1) is 0 Å². The van der Waals surface area contributed by atoms with Crippen molar-refractivity contribution < 1.29 is 9.53 Å². The lowest BCUT2D eigenvalue weighted by molar-refractivity contribution is -0.133. The molecular weight excluding hydrogens is 214 g/mol. The van der Waals surface area contributed by atoms with Gasteiger partial charge in [-0.15, -0.1) is 0 Å². The third kappa shape index (κ3) is 2.60. The van der Waals surface area contributed by atoms with Gasteiger partial charge in [-0.2, -0.15) is 0 Å². The molecule has 2 rings (SSSR count). The van der Waals surface area contributed by atoms with Crippen LogP contribution in [0.2, 0.25) is 0 Å². The summed E-state index contributed by atoms with van der Waals surface area (Å²) in [6.45, 7) is 3.74. The highest BCUT2D eigenvalue weighted by molar-refractivity contribution is 5.78. The van der Waals surface area contributed by atoms with Crippen molar-refractivity contribution >= 4 is 5.91 Å². The van der Waals surface area contributed by atoms with Crippen LogP contribution in [0.25, 0.3) is 0 Å². The first-order valence-corrected chi connectivity index (χ1v) is 6.16. The molecule has 0 saturated carbocycles. The van der Waals surface area contributed by atoms with Crippen molar-refractivity contribution in [2.75, 3.05) is 20.2 Å². The summed E-state index contributed by atoms with van der Waals surface area (Å²) in [7, 11) is 1.66. The van der Waals surface area contributed by atoms with E-state index in [9.17, 15) is 4.79 Å². The zero-order valence-corrected chi connectivity index (χ0v) is 10.5. The van der Waals surface area contributed by atoms with Crippen LogP contribution in [0.15, 0.2) is 24.3 Å². The van der Waals surface area contributed by atoms with E-state index in [1.807, 2.05) is 24.0 Å². The van der Waals surface area contributed by atoms with E-state index >= 15 is 0 Å². The van der Waals surface area contributed by atoms with Gasteiger partial charge in [0.25, 0.3) is 0 Å². The van der Waals surface area contributed by atoms with Crippen LogP contribution >= 0.6 is 0 Å². The fourth-order valence-corrected chi connectivity index (χ4v) is 2.37. The molecule has 1 fully saturated rings. The number of piperidine rings is 1. The lowest BCUT2D eigenvalue weighted by atomic mass is 9.89. The van der Waals surface area contributed by atoms with Gasteiger partial charge in [0.2, 0.25) is 5.91 Å². The molecule has 1 aliphatic rings. The maximum Gasteiger partial charge on any atom is 0.223 e. The Morgan fingerprint density at radius 3 is 2.59 bits per heavy atom. The molecule has 1 unspecified atom stereocenters. The average Bonchev–Trinajstić information content (AvgIpc) is 2.39. The van der Waals surface area contributed by atoms with Crippen LogP contribution < -0.4 is 4.74 Å². The Bertz CT molecular complexity index is 386. The van der Waals surface area contributed by atoms with Crippen molar-refractivity contribution in [1.82, 2.24) is 4.90 Å². The number of carbonyl (C=O) groups is 1. The van der Waals surface area contributed by atoms with Crippen molar-refractivity contribution in [2.24, 2.45) is 0 Å². The zero-order chi connectivity index (χ0) is 12.3. The van der Waals surface area contributed by atoms with Gasteiger partial charge >= 0.3 is 0 Å². The largest absolute Gasteiger partial charge is 0.497 e. The van der Waals surface area contributed by atoms with Crippen LogP contribution in [0.3, 0.4) is 0 Å². The van der Waals surface area contributed by atoms with E-state index in [2.05, 4.69) is 12.1 Å². The van der Waals surface area contributed by atoms with Crippen molar-refractivity contribution in [3.63, 3.8) is 0 Å². The first-order valence-electron chi connectivity index (χ1n) is 6.16. The van der Waals surface area contributed by atoms with Gasteiger partial charge in [-0.25, -0.2) is 0 Å². The molecule has 0 N–H and O–H groups in total. The van der Waals surface area contributed by atoms with Gasteiger partial charge in [0.05, 0.1) is 7.11 Å². The highest BCUT2D eigenvalue weighted by Crippen LogP contribution is 2.29. The summed E-state index contributed by atoms with van der Waals surface area (Å²) in [6.07, 6.45) is 1.70. The quantitative estimate of drug-likeness (QED) is 0.802. The van der Waals surface area contributed by atoms with Crippen molar-refractivity contribution in [3.8, 4) is 5.75 Å². The first kappa shape index (κ1) is 12.0. The van der Waals surface area contributed by atoms with E-state index in [0.29, 0.717) is 12.3 Å². The van der Waals surface area contributed by atoms with E-state index in [1.54, 1.807) is 7.11 Å². The summed E-state index contributed by atoms with van der Waals surface area (Å²) in [4.78, 5) is 13.8. The normalized spacial score (nSPS) is 20.5. The minimum absolute atomic E-state index is 0.277. The SMILES string of the molecule is CCN1CCC(c2ccc(OC)cc2)CC1=O. The molecule has 0 radical (unpaired) electrons.